The van der Waals surface area contributed by atoms with Crippen molar-refractivity contribution in [1.29, 1.82) is 0 Å². The Balaban J connectivity index is 2.64. The van der Waals surface area contributed by atoms with Gasteiger partial charge in [-0.1, -0.05) is 0 Å². The van der Waals surface area contributed by atoms with Crippen molar-refractivity contribution >= 4 is 29.2 Å². The molecule has 1 rings (SSSR count). The van der Waals surface area contributed by atoms with Crippen LogP contribution in [0.2, 0.25) is 0 Å². The minimum Gasteiger partial charge on any atom is -0.463 e. The van der Waals surface area contributed by atoms with Crippen molar-refractivity contribution in [3.63, 3.8) is 0 Å². The summed E-state index contributed by atoms with van der Waals surface area (Å²) in [5, 5.41) is 1.83. The van der Waals surface area contributed by atoms with Crippen molar-refractivity contribution < 1.29 is 14.3 Å². The molecule has 0 saturated carbocycles. The highest BCUT2D eigenvalue weighted by molar-refractivity contribution is 7.12. The molecule has 0 aromatic carbocycles. The Kier molecular flexibility index (Phi) is 4.24. The second-order valence-corrected chi connectivity index (χ2v) is 3.80. The molecular weight excluding hydrogens is 212 g/mol. The fourth-order valence-corrected chi connectivity index (χ4v) is 1.76. The third kappa shape index (κ3) is 3.67. The van der Waals surface area contributed by atoms with Crippen LogP contribution in [0.4, 0.5) is 0 Å². The molecule has 0 aliphatic heterocycles. The molecule has 15 heavy (non-hydrogen) atoms. The van der Waals surface area contributed by atoms with E-state index >= 15 is 0 Å². The highest BCUT2D eigenvalue weighted by Gasteiger charge is 2.02. The predicted molar refractivity (Wildman–Crippen MR) is 60.0 cm³/mol. The molecule has 3 nitrogen and oxygen atoms in total. The summed E-state index contributed by atoms with van der Waals surface area (Å²) in [5.74, 6) is -0.330. The number of ketones is 1. The van der Waals surface area contributed by atoms with Crippen LogP contribution in [0.15, 0.2) is 17.5 Å². The molecule has 0 amide bonds. The summed E-state index contributed by atoms with van der Waals surface area (Å²) in [5.41, 5.74) is 0.846. The summed E-state index contributed by atoms with van der Waals surface area (Å²) in [4.78, 5) is 22.7. The molecule has 1 heterocycles. The zero-order valence-electron chi connectivity index (χ0n) is 8.65. The van der Waals surface area contributed by atoms with Crippen LogP contribution in [0.25, 0.3) is 6.08 Å². The van der Waals surface area contributed by atoms with Gasteiger partial charge in [-0.15, -0.1) is 11.3 Å². The molecule has 1 aromatic heterocycles. The number of hydrogen-bond acceptors (Lipinski definition) is 4. The van der Waals surface area contributed by atoms with Gasteiger partial charge in [-0.25, -0.2) is 4.79 Å². The molecule has 0 saturated heterocycles. The van der Waals surface area contributed by atoms with Crippen LogP contribution >= 0.6 is 11.3 Å². The number of esters is 1. The van der Waals surface area contributed by atoms with Crippen molar-refractivity contribution in [2.75, 3.05) is 6.61 Å². The zero-order valence-corrected chi connectivity index (χ0v) is 9.47. The van der Waals surface area contributed by atoms with Crippen LogP contribution in [0.3, 0.4) is 0 Å². The largest absolute Gasteiger partial charge is 0.463 e. The topological polar surface area (TPSA) is 43.4 Å². The quantitative estimate of drug-likeness (QED) is 0.448. The average Bonchev–Trinajstić information content (AvgIpc) is 2.63. The number of hydrogen-bond donors (Lipinski definition) is 0. The van der Waals surface area contributed by atoms with Gasteiger partial charge in [-0.05, 0) is 36.9 Å². The van der Waals surface area contributed by atoms with E-state index in [1.54, 1.807) is 19.1 Å². The van der Waals surface area contributed by atoms with Crippen LogP contribution in [0, 0.1) is 0 Å². The van der Waals surface area contributed by atoms with Gasteiger partial charge in [0, 0.05) is 6.08 Å². The van der Waals surface area contributed by atoms with Gasteiger partial charge in [0.15, 0.2) is 5.78 Å². The molecule has 1 aromatic rings. The van der Waals surface area contributed by atoms with Crippen LogP contribution in [0.1, 0.15) is 29.1 Å². The van der Waals surface area contributed by atoms with E-state index in [1.165, 1.54) is 24.3 Å². The van der Waals surface area contributed by atoms with E-state index in [-0.39, 0.29) is 11.8 Å². The van der Waals surface area contributed by atoms with E-state index in [2.05, 4.69) is 0 Å². The summed E-state index contributed by atoms with van der Waals surface area (Å²) < 4.78 is 4.73. The van der Waals surface area contributed by atoms with Gasteiger partial charge in [0.1, 0.15) is 0 Å². The Morgan fingerprint density at radius 1 is 1.53 bits per heavy atom. The summed E-state index contributed by atoms with van der Waals surface area (Å²) >= 11 is 1.37. The number of carbonyl (C=O) groups excluding carboxylic acids is 2. The molecule has 0 N–H and O–H groups in total. The Hall–Kier alpha value is -1.42. The molecule has 0 spiro atoms. The number of Topliss-reactive ketones (excluding diaryl/α,β-unsaturated/α-hetero) is 1. The fourth-order valence-electron chi connectivity index (χ4n) is 0.978. The van der Waals surface area contributed by atoms with Crippen LogP contribution < -0.4 is 0 Å². The van der Waals surface area contributed by atoms with E-state index in [0.717, 1.165) is 5.56 Å². The normalized spacial score (nSPS) is 10.5. The van der Waals surface area contributed by atoms with E-state index in [9.17, 15) is 9.59 Å². The summed E-state index contributed by atoms with van der Waals surface area (Å²) in [6, 6.07) is 1.75. The van der Waals surface area contributed by atoms with Gasteiger partial charge in [0.05, 0.1) is 11.5 Å². The van der Waals surface area contributed by atoms with E-state index in [1.807, 2.05) is 5.38 Å². The molecule has 0 aliphatic rings. The Morgan fingerprint density at radius 3 is 2.80 bits per heavy atom. The van der Waals surface area contributed by atoms with Gasteiger partial charge < -0.3 is 4.74 Å². The predicted octanol–water partition coefficient (Wildman–Crippen LogP) is 2.53. The first-order valence-corrected chi connectivity index (χ1v) is 5.45. The molecule has 0 unspecified atom stereocenters. The van der Waals surface area contributed by atoms with Gasteiger partial charge in [0.25, 0.3) is 0 Å². The summed E-state index contributed by atoms with van der Waals surface area (Å²) in [6.07, 6.45) is 3.00. The molecular formula is C11H12O3S. The van der Waals surface area contributed by atoms with Crippen molar-refractivity contribution in [3.05, 3.63) is 28.0 Å². The first kappa shape index (κ1) is 11.7. The molecule has 0 bridgehead atoms. The lowest BCUT2D eigenvalue weighted by atomic mass is 10.2. The minimum atomic E-state index is -0.368. The van der Waals surface area contributed by atoms with Crippen molar-refractivity contribution in [2.45, 2.75) is 13.8 Å². The monoisotopic (exact) mass is 224 g/mol. The maximum atomic E-state index is 11.0. The number of carbonyl (C=O) groups is 2. The maximum absolute atomic E-state index is 11.0. The highest BCUT2D eigenvalue weighted by Crippen LogP contribution is 2.16. The van der Waals surface area contributed by atoms with Gasteiger partial charge in [-0.3, -0.25) is 4.79 Å². The Morgan fingerprint density at radius 2 is 2.27 bits per heavy atom. The first-order chi connectivity index (χ1) is 7.13. The lowest BCUT2D eigenvalue weighted by Gasteiger charge is -1.93. The fraction of sp³-hybridized carbons (Fsp3) is 0.273. The smallest absolute Gasteiger partial charge is 0.330 e. The second-order valence-electron chi connectivity index (χ2n) is 2.89. The SMILES string of the molecule is CCOC(=O)C=Cc1csc(C(C)=O)c1. The van der Waals surface area contributed by atoms with Crippen LogP contribution in [0.5, 0.6) is 0 Å². The highest BCUT2D eigenvalue weighted by atomic mass is 32.1. The minimum absolute atomic E-state index is 0.0378. The zero-order chi connectivity index (χ0) is 11.3. The van der Waals surface area contributed by atoms with Gasteiger partial charge >= 0.3 is 5.97 Å². The molecule has 0 radical (unpaired) electrons. The standard InChI is InChI=1S/C11H12O3S/c1-3-14-11(13)5-4-9-6-10(8(2)12)15-7-9/h4-7H,3H2,1-2H3. The van der Waals surface area contributed by atoms with E-state index < -0.39 is 0 Å². The van der Waals surface area contributed by atoms with Crippen molar-refractivity contribution in [3.8, 4) is 0 Å². The molecule has 80 valence electrons. The van der Waals surface area contributed by atoms with Gasteiger partial charge in [-0.2, -0.15) is 0 Å². The molecule has 0 aliphatic carbocycles. The van der Waals surface area contributed by atoms with Crippen molar-refractivity contribution in [2.24, 2.45) is 0 Å². The summed E-state index contributed by atoms with van der Waals surface area (Å²) in [7, 11) is 0. The lowest BCUT2D eigenvalue weighted by molar-refractivity contribution is -0.137. The third-order valence-electron chi connectivity index (χ3n) is 1.67. The third-order valence-corrected chi connectivity index (χ3v) is 2.71. The maximum Gasteiger partial charge on any atom is 0.330 e. The Bertz CT molecular complexity index is 390. The van der Waals surface area contributed by atoms with E-state index in [4.69, 9.17) is 4.74 Å². The lowest BCUT2D eigenvalue weighted by Crippen LogP contribution is -1.98. The molecule has 0 atom stereocenters. The number of ether oxygens (including phenoxy) is 1. The summed E-state index contributed by atoms with van der Waals surface area (Å²) in [6.45, 7) is 3.64. The molecule has 4 heteroatoms. The molecule has 0 fully saturated rings. The average molecular weight is 224 g/mol. The second kappa shape index (κ2) is 5.46. The number of thiophene rings is 1. The number of rotatable bonds is 4. The van der Waals surface area contributed by atoms with Crippen LogP contribution in [-0.4, -0.2) is 18.4 Å². The van der Waals surface area contributed by atoms with Crippen molar-refractivity contribution in [1.82, 2.24) is 0 Å². The Labute approximate surface area is 92.4 Å². The van der Waals surface area contributed by atoms with E-state index in [0.29, 0.717) is 11.5 Å². The first-order valence-electron chi connectivity index (χ1n) is 4.57. The van der Waals surface area contributed by atoms with Crippen LogP contribution in [-0.2, 0) is 9.53 Å². The van der Waals surface area contributed by atoms with Gasteiger partial charge in [0.2, 0.25) is 0 Å².